The van der Waals surface area contributed by atoms with Crippen LogP contribution in [-0.2, 0) is 17.8 Å². The Balaban J connectivity index is 2.55. The van der Waals surface area contributed by atoms with Gasteiger partial charge >= 0.3 is 0 Å². The lowest BCUT2D eigenvalue weighted by molar-refractivity contribution is -0.130. The topological polar surface area (TPSA) is 46.3 Å². The summed E-state index contributed by atoms with van der Waals surface area (Å²) in [6.45, 7) is 4.63. The summed E-state index contributed by atoms with van der Waals surface area (Å²) >= 11 is 0. The number of hydrogen-bond acceptors (Lipinski definition) is 2. The van der Waals surface area contributed by atoms with Gasteiger partial charge in [0.05, 0.1) is 0 Å². The Kier molecular flexibility index (Phi) is 5.16. The third kappa shape index (κ3) is 4.57. The molecule has 1 aromatic rings. The van der Waals surface area contributed by atoms with Crippen LogP contribution in [0, 0.1) is 0 Å². The first-order chi connectivity index (χ1) is 8.02. The highest BCUT2D eigenvalue weighted by Crippen LogP contribution is 2.08. The lowest BCUT2D eigenvalue weighted by Gasteiger charge is -2.18. The average Bonchev–Trinajstić information content (AvgIpc) is 2.29. The number of carbonyl (C=O) groups excluding carboxylic acids is 1. The zero-order chi connectivity index (χ0) is 12.8. The first-order valence-electron chi connectivity index (χ1n) is 6.10. The molecule has 0 aliphatic rings. The van der Waals surface area contributed by atoms with Crippen LogP contribution in [-0.4, -0.2) is 23.9 Å². The third-order valence-electron chi connectivity index (χ3n) is 2.77. The molecule has 94 valence electrons. The second kappa shape index (κ2) is 6.40. The molecule has 0 aliphatic heterocycles. The summed E-state index contributed by atoms with van der Waals surface area (Å²) < 4.78 is 0. The van der Waals surface area contributed by atoms with Crippen molar-refractivity contribution < 1.29 is 4.79 Å². The van der Waals surface area contributed by atoms with Gasteiger partial charge in [0, 0.05) is 26.1 Å². The zero-order valence-electron chi connectivity index (χ0n) is 10.9. The highest BCUT2D eigenvalue weighted by atomic mass is 16.2. The summed E-state index contributed by atoms with van der Waals surface area (Å²) in [6.07, 6.45) is 1.45. The fraction of sp³-hybridized carbons (Fsp3) is 0.500. The Morgan fingerprint density at radius 3 is 2.29 bits per heavy atom. The van der Waals surface area contributed by atoms with Crippen molar-refractivity contribution in [2.75, 3.05) is 7.05 Å². The summed E-state index contributed by atoms with van der Waals surface area (Å²) in [7, 11) is 1.82. The van der Waals surface area contributed by atoms with Crippen LogP contribution < -0.4 is 5.73 Å². The second-order valence-corrected chi connectivity index (χ2v) is 4.60. The minimum atomic E-state index is -0.0765. The Morgan fingerprint density at radius 1 is 1.29 bits per heavy atom. The van der Waals surface area contributed by atoms with Crippen molar-refractivity contribution in [1.29, 1.82) is 0 Å². The normalized spacial score (nSPS) is 12.2. The van der Waals surface area contributed by atoms with E-state index in [1.165, 1.54) is 5.56 Å². The highest BCUT2D eigenvalue weighted by Gasteiger charge is 2.10. The van der Waals surface area contributed by atoms with Crippen LogP contribution in [0.15, 0.2) is 24.3 Å². The minimum absolute atomic E-state index is 0.0765. The molecule has 2 N–H and O–H groups in total. The van der Waals surface area contributed by atoms with Crippen LogP contribution in [0.25, 0.3) is 0 Å². The van der Waals surface area contributed by atoms with Gasteiger partial charge in [0.25, 0.3) is 0 Å². The van der Waals surface area contributed by atoms with E-state index in [-0.39, 0.29) is 11.9 Å². The molecule has 0 saturated heterocycles. The number of carbonyl (C=O) groups is 1. The summed E-state index contributed by atoms with van der Waals surface area (Å²) in [5, 5.41) is 0. The standard InChI is InChI=1S/C14H22N2O/c1-4-12-5-7-13(8-6-12)10-16(3)14(17)9-11(2)15/h5-8,11H,4,9-10,15H2,1-3H3. The summed E-state index contributed by atoms with van der Waals surface area (Å²) in [5.74, 6) is 0.0968. The minimum Gasteiger partial charge on any atom is -0.341 e. The number of aryl methyl sites for hydroxylation is 1. The summed E-state index contributed by atoms with van der Waals surface area (Å²) in [6, 6.07) is 8.30. The molecule has 1 atom stereocenters. The van der Waals surface area contributed by atoms with E-state index in [1.807, 2.05) is 14.0 Å². The first-order valence-corrected chi connectivity index (χ1v) is 6.10. The monoisotopic (exact) mass is 234 g/mol. The fourth-order valence-electron chi connectivity index (χ4n) is 1.67. The largest absolute Gasteiger partial charge is 0.341 e. The summed E-state index contributed by atoms with van der Waals surface area (Å²) in [4.78, 5) is 13.5. The number of benzene rings is 1. The van der Waals surface area contributed by atoms with Crippen molar-refractivity contribution in [2.24, 2.45) is 5.73 Å². The van der Waals surface area contributed by atoms with Gasteiger partial charge in [-0.15, -0.1) is 0 Å². The maximum Gasteiger partial charge on any atom is 0.224 e. The molecule has 1 rings (SSSR count). The molecule has 0 saturated carbocycles. The number of amides is 1. The van der Waals surface area contributed by atoms with Crippen LogP contribution in [0.1, 0.15) is 31.4 Å². The van der Waals surface area contributed by atoms with Crippen molar-refractivity contribution in [3.63, 3.8) is 0 Å². The fourth-order valence-corrected chi connectivity index (χ4v) is 1.67. The molecular formula is C14H22N2O. The number of hydrogen-bond donors (Lipinski definition) is 1. The smallest absolute Gasteiger partial charge is 0.224 e. The predicted molar refractivity (Wildman–Crippen MR) is 70.6 cm³/mol. The highest BCUT2D eigenvalue weighted by molar-refractivity contribution is 5.76. The van der Waals surface area contributed by atoms with Gasteiger partial charge in [-0.3, -0.25) is 4.79 Å². The van der Waals surface area contributed by atoms with Gasteiger partial charge in [0.15, 0.2) is 0 Å². The Hall–Kier alpha value is -1.35. The van der Waals surface area contributed by atoms with Crippen LogP contribution in [0.3, 0.4) is 0 Å². The molecule has 0 aromatic heterocycles. The molecule has 1 unspecified atom stereocenters. The van der Waals surface area contributed by atoms with E-state index in [4.69, 9.17) is 5.73 Å². The van der Waals surface area contributed by atoms with Crippen molar-refractivity contribution in [3.8, 4) is 0 Å². The van der Waals surface area contributed by atoms with Crippen molar-refractivity contribution >= 4 is 5.91 Å². The summed E-state index contributed by atoms with van der Waals surface area (Å²) in [5.41, 5.74) is 8.09. The van der Waals surface area contributed by atoms with E-state index in [0.29, 0.717) is 13.0 Å². The van der Waals surface area contributed by atoms with Crippen LogP contribution in [0.5, 0.6) is 0 Å². The molecule has 1 aromatic carbocycles. The van der Waals surface area contributed by atoms with Gasteiger partial charge in [-0.25, -0.2) is 0 Å². The maximum absolute atomic E-state index is 11.7. The Labute approximate surface area is 104 Å². The molecule has 3 heteroatoms. The number of nitrogens with two attached hydrogens (primary N) is 1. The zero-order valence-corrected chi connectivity index (χ0v) is 10.9. The van der Waals surface area contributed by atoms with Crippen LogP contribution >= 0.6 is 0 Å². The molecule has 0 heterocycles. The predicted octanol–water partition coefficient (Wildman–Crippen LogP) is 1.94. The number of rotatable bonds is 5. The van der Waals surface area contributed by atoms with E-state index in [2.05, 4.69) is 31.2 Å². The van der Waals surface area contributed by atoms with Crippen LogP contribution in [0.2, 0.25) is 0 Å². The Morgan fingerprint density at radius 2 is 1.82 bits per heavy atom. The van der Waals surface area contributed by atoms with Crippen molar-refractivity contribution in [3.05, 3.63) is 35.4 Å². The SMILES string of the molecule is CCc1ccc(CN(C)C(=O)CC(C)N)cc1. The molecule has 1 amide bonds. The molecule has 17 heavy (non-hydrogen) atoms. The molecule has 0 radical (unpaired) electrons. The maximum atomic E-state index is 11.7. The molecule has 3 nitrogen and oxygen atoms in total. The van der Waals surface area contributed by atoms with Crippen LogP contribution in [0.4, 0.5) is 0 Å². The molecule has 0 spiro atoms. The van der Waals surface area contributed by atoms with Gasteiger partial charge < -0.3 is 10.6 Å². The third-order valence-corrected chi connectivity index (χ3v) is 2.77. The molecular weight excluding hydrogens is 212 g/mol. The molecule has 0 aliphatic carbocycles. The molecule has 0 bridgehead atoms. The Bertz CT molecular complexity index is 357. The number of nitrogens with zero attached hydrogens (tertiary/aromatic N) is 1. The van der Waals surface area contributed by atoms with E-state index >= 15 is 0 Å². The van der Waals surface area contributed by atoms with E-state index in [1.54, 1.807) is 4.90 Å². The van der Waals surface area contributed by atoms with E-state index < -0.39 is 0 Å². The molecule has 0 fully saturated rings. The van der Waals surface area contributed by atoms with E-state index in [9.17, 15) is 4.79 Å². The van der Waals surface area contributed by atoms with Gasteiger partial charge in [-0.1, -0.05) is 31.2 Å². The van der Waals surface area contributed by atoms with Gasteiger partial charge in [-0.2, -0.15) is 0 Å². The lowest BCUT2D eigenvalue weighted by Crippen LogP contribution is -2.31. The van der Waals surface area contributed by atoms with Gasteiger partial charge in [0.2, 0.25) is 5.91 Å². The first kappa shape index (κ1) is 13.7. The van der Waals surface area contributed by atoms with Crippen molar-refractivity contribution in [1.82, 2.24) is 4.90 Å². The van der Waals surface area contributed by atoms with Crippen molar-refractivity contribution in [2.45, 2.75) is 39.3 Å². The lowest BCUT2D eigenvalue weighted by atomic mass is 10.1. The van der Waals surface area contributed by atoms with Gasteiger partial charge in [0.1, 0.15) is 0 Å². The average molecular weight is 234 g/mol. The quantitative estimate of drug-likeness (QED) is 0.846. The second-order valence-electron chi connectivity index (χ2n) is 4.60. The van der Waals surface area contributed by atoms with E-state index in [0.717, 1.165) is 12.0 Å². The van der Waals surface area contributed by atoms with Gasteiger partial charge in [-0.05, 0) is 24.5 Å².